The highest BCUT2D eigenvalue weighted by Crippen LogP contribution is 2.14. The zero-order valence-corrected chi connectivity index (χ0v) is 14.4. The van der Waals surface area contributed by atoms with Gasteiger partial charge in [-0.1, -0.05) is 18.5 Å². The third-order valence-corrected chi connectivity index (χ3v) is 3.12. The van der Waals surface area contributed by atoms with Crippen LogP contribution in [0, 0.1) is 0 Å². The summed E-state index contributed by atoms with van der Waals surface area (Å²) in [6, 6.07) is 1.99. The van der Waals surface area contributed by atoms with Crippen molar-refractivity contribution in [3.05, 3.63) is 29.6 Å². The molecule has 1 atom stereocenters. The molecule has 1 heterocycles. The Bertz CT molecular complexity index is 475. The molecule has 0 aliphatic heterocycles. The highest BCUT2D eigenvalue weighted by atomic mass is 35.5. The molecule has 0 aliphatic carbocycles. The Morgan fingerprint density at radius 1 is 1.41 bits per heavy atom. The largest absolute Gasteiger partial charge is 0.444 e. The van der Waals surface area contributed by atoms with E-state index in [1.165, 1.54) is 5.56 Å². The molecule has 1 unspecified atom stereocenters. The van der Waals surface area contributed by atoms with E-state index < -0.39 is 17.3 Å². The van der Waals surface area contributed by atoms with Crippen molar-refractivity contribution in [2.75, 3.05) is 13.2 Å². The SMILES string of the molecule is CCc1ccncc1CC(Cl)OCCNC(=O)OC(C)(C)C. The third-order valence-electron chi connectivity index (χ3n) is 2.83. The van der Waals surface area contributed by atoms with Gasteiger partial charge in [0.25, 0.3) is 0 Å². The van der Waals surface area contributed by atoms with Crippen LogP contribution in [-0.2, 0) is 22.3 Å². The summed E-state index contributed by atoms with van der Waals surface area (Å²) in [6.07, 6.45) is 4.66. The van der Waals surface area contributed by atoms with Crippen LogP contribution in [0.15, 0.2) is 18.5 Å². The van der Waals surface area contributed by atoms with E-state index in [1.807, 2.05) is 33.0 Å². The highest BCUT2D eigenvalue weighted by molar-refractivity contribution is 6.19. The zero-order valence-electron chi connectivity index (χ0n) is 13.7. The summed E-state index contributed by atoms with van der Waals surface area (Å²) >= 11 is 6.17. The lowest BCUT2D eigenvalue weighted by molar-refractivity contribution is 0.0487. The number of hydrogen-bond donors (Lipinski definition) is 1. The molecule has 6 heteroatoms. The number of amides is 1. The Labute approximate surface area is 137 Å². The number of carbonyl (C=O) groups excluding carboxylic acids is 1. The Hall–Kier alpha value is -1.33. The normalized spacial score (nSPS) is 12.8. The van der Waals surface area contributed by atoms with Crippen LogP contribution in [0.25, 0.3) is 0 Å². The van der Waals surface area contributed by atoms with Crippen LogP contribution in [0.4, 0.5) is 4.79 Å². The minimum absolute atomic E-state index is 0.329. The molecule has 0 aromatic carbocycles. The first-order chi connectivity index (χ1) is 10.3. The second-order valence-corrected chi connectivity index (χ2v) is 6.40. The molecule has 1 amide bonds. The predicted octanol–water partition coefficient (Wildman–Crippen LogP) is 3.29. The summed E-state index contributed by atoms with van der Waals surface area (Å²) < 4.78 is 10.6. The van der Waals surface area contributed by atoms with Crippen molar-refractivity contribution in [1.29, 1.82) is 0 Å². The van der Waals surface area contributed by atoms with Gasteiger partial charge in [-0.15, -0.1) is 0 Å². The first kappa shape index (κ1) is 18.7. The summed E-state index contributed by atoms with van der Waals surface area (Å²) in [4.78, 5) is 15.6. The number of alkyl halides is 1. The molecule has 0 bridgehead atoms. The Kier molecular flexibility index (Phi) is 7.62. The minimum atomic E-state index is -0.503. The Morgan fingerprint density at radius 3 is 2.77 bits per heavy atom. The lowest BCUT2D eigenvalue weighted by Gasteiger charge is -2.20. The molecular formula is C16H25ClN2O3. The van der Waals surface area contributed by atoms with Crippen molar-refractivity contribution in [1.82, 2.24) is 10.3 Å². The van der Waals surface area contributed by atoms with Gasteiger partial charge in [0.1, 0.15) is 11.2 Å². The Morgan fingerprint density at radius 2 is 2.14 bits per heavy atom. The van der Waals surface area contributed by atoms with Crippen LogP contribution in [0.1, 0.15) is 38.8 Å². The molecule has 0 saturated heterocycles. The number of hydrogen-bond acceptors (Lipinski definition) is 4. The number of nitrogens with one attached hydrogen (secondary N) is 1. The summed E-state index contributed by atoms with van der Waals surface area (Å²) in [5.41, 5.74) is 1.35. The molecule has 1 aromatic heterocycles. The Balaban J connectivity index is 2.26. The highest BCUT2D eigenvalue weighted by Gasteiger charge is 2.15. The maximum Gasteiger partial charge on any atom is 0.407 e. The summed E-state index contributed by atoms with van der Waals surface area (Å²) in [5.74, 6) is 0. The molecule has 1 rings (SSSR count). The molecule has 1 N–H and O–H groups in total. The van der Waals surface area contributed by atoms with Crippen LogP contribution in [0.3, 0.4) is 0 Å². The number of aromatic nitrogens is 1. The molecule has 124 valence electrons. The lowest BCUT2D eigenvalue weighted by atomic mass is 10.1. The topological polar surface area (TPSA) is 60.5 Å². The van der Waals surface area contributed by atoms with Crippen molar-refractivity contribution < 1.29 is 14.3 Å². The van der Waals surface area contributed by atoms with E-state index in [1.54, 1.807) is 6.20 Å². The van der Waals surface area contributed by atoms with E-state index in [0.29, 0.717) is 19.6 Å². The summed E-state index contributed by atoms with van der Waals surface area (Å²) in [6.45, 7) is 8.22. The predicted molar refractivity (Wildman–Crippen MR) is 87.1 cm³/mol. The molecule has 0 aliphatic rings. The molecule has 22 heavy (non-hydrogen) atoms. The van der Waals surface area contributed by atoms with E-state index in [4.69, 9.17) is 21.1 Å². The van der Waals surface area contributed by atoms with E-state index in [0.717, 1.165) is 12.0 Å². The van der Waals surface area contributed by atoms with Crippen molar-refractivity contribution in [3.63, 3.8) is 0 Å². The van der Waals surface area contributed by atoms with Gasteiger partial charge in [-0.25, -0.2) is 4.79 Å². The molecule has 0 saturated carbocycles. The first-order valence-electron chi connectivity index (χ1n) is 7.46. The van der Waals surface area contributed by atoms with E-state index in [9.17, 15) is 4.79 Å². The number of halogens is 1. The smallest absolute Gasteiger partial charge is 0.407 e. The number of alkyl carbamates (subject to hydrolysis) is 1. The number of carbonyl (C=O) groups is 1. The average Bonchev–Trinajstić information content (AvgIpc) is 2.42. The quantitative estimate of drug-likeness (QED) is 0.616. The van der Waals surface area contributed by atoms with E-state index in [-0.39, 0.29) is 0 Å². The monoisotopic (exact) mass is 328 g/mol. The number of aryl methyl sites for hydroxylation is 1. The maximum atomic E-state index is 11.4. The van der Waals surface area contributed by atoms with Crippen LogP contribution in [0.2, 0.25) is 0 Å². The van der Waals surface area contributed by atoms with Gasteiger partial charge >= 0.3 is 6.09 Å². The second-order valence-electron chi connectivity index (χ2n) is 5.91. The van der Waals surface area contributed by atoms with Gasteiger partial charge in [-0.05, 0) is 44.4 Å². The van der Waals surface area contributed by atoms with Gasteiger partial charge in [-0.2, -0.15) is 0 Å². The summed E-state index contributed by atoms with van der Waals surface area (Å²) in [7, 11) is 0. The van der Waals surface area contributed by atoms with Crippen LogP contribution in [-0.4, -0.2) is 35.4 Å². The molecular weight excluding hydrogens is 304 g/mol. The zero-order chi connectivity index (χ0) is 16.6. The van der Waals surface area contributed by atoms with Gasteiger partial charge in [0.2, 0.25) is 0 Å². The fraction of sp³-hybridized carbons (Fsp3) is 0.625. The van der Waals surface area contributed by atoms with Gasteiger partial charge in [0.15, 0.2) is 0 Å². The van der Waals surface area contributed by atoms with Gasteiger partial charge in [0.05, 0.1) is 6.61 Å². The number of ether oxygens (including phenoxy) is 2. The fourth-order valence-corrected chi connectivity index (χ4v) is 2.13. The molecule has 1 aromatic rings. The fourth-order valence-electron chi connectivity index (χ4n) is 1.87. The molecule has 0 radical (unpaired) electrons. The van der Waals surface area contributed by atoms with Crippen LogP contribution >= 0.6 is 11.6 Å². The van der Waals surface area contributed by atoms with Gasteiger partial charge in [0, 0.05) is 25.4 Å². The maximum absolute atomic E-state index is 11.4. The van der Waals surface area contributed by atoms with Crippen LogP contribution < -0.4 is 5.32 Å². The lowest BCUT2D eigenvalue weighted by Crippen LogP contribution is -2.34. The standard InChI is InChI=1S/C16H25ClN2O3/c1-5-12-6-7-18-11-13(12)10-14(17)21-9-8-19-15(20)22-16(2,3)4/h6-7,11,14H,5,8-10H2,1-4H3,(H,19,20). The molecule has 0 fully saturated rings. The summed E-state index contributed by atoms with van der Waals surface area (Å²) in [5, 5.41) is 2.62. The van der Waals surface area contributed by atoms with Crippen molar-refractivity contribution in [3.8, 4) is 0 Å². The van der Waals surface area contributed by atoms with Crippen molar-refractivity contribution in [2.45, 2.75) is 51.7 Å². The van der Waals surface area contributed by atoms with Gasteiger partial charge in [-0.3, -0.25) is 4.98 Å². The average molecular weight is 329 g/mol. The van der Waals surface area contributed by atoms with Crippen molar-refractivity contribution >= 4 is 17.7 Å². The number of rotatable bonds is 7. The second kappa shape index (κ2) is 8.96. The van der Waals surface area contributed by atoms with E-state index in [2.05, 4.69) is 17.2 Å². The van der Waals surface area contributed by atoms with E-state index >= 15 is 0 Å². The first-order valence-corrected chi connectivity index (χ1v) is 7.89. The number of nitrogens with zero attached hydrogens (tertiary/aromatic N) is 1. The minimum Gasteiger partial charge on any atom is -0.444 e. The van der Waals surface area contributed by atoms with Crippen LogP contribution in [0.5, 0.6) is 0 Å². The van der Waals surface area contributed by atoms with Gasteiger partial charge < -0.3 is 14.8 Å². The molecule has 0 spiro atoms. The number of pyridine rings is 1. The van der Waals surface area contributed by atoms with Crippen molar-refractivity contribution in [2.24, 2.45) is 0 Å². The third kappa shape index (κ3) is 7.61. The molecule has 5 nitrogen and oxygen atoms in total.